The van der Waals surface area contributed by atoms with Gasteiger partial charge in [-0.15, -0.1) is 0 Å². The number of hydrogen-bond acceptors (Lipinski definition) is 3. The van der Waals surface area contributed by atoms with E-state index in [1.165, 1.54) is 6.07 Å². The zero-order chi connectivity index (χ0) is 14.6. The molecule has 2 rings (SSSR count). The van der Waals surface area contributed by atoms with Gasteiger partial charge in [0.25, 0.3) is 0 Å². The molecule has 1 heterocycles. The third kappa shape index (κ3) is 3.81. The molecule has 0 saturated carbocycles. The van der Waals surface area contributed by atoms with Crippen LogP contribution in [-0.2, 0) is 6.18 Å². The van der Waals surface area contributed by atoms with Crippen molar-refractivity contribution in [1.29, 1.82) is 0 Å². The van der Waals surface area contributed by atoms with Crippen molar-refractivity contribution >= 4 is 12.0 Å². The van der Waals surface area contributed by atoms with E-state index >= 15 is 0 Å². The summed E-state index contributed by atoms with van der Waals surface area (Å²) in [4.78, 5) is 3.65. The van der Waals surface area contributed by atoms with Crippen LogP contribution in [0.5, 0.6) is 0 Å². The number of pyridine rings is 1. The first-order chi connectivity index (χ1) is 9.45. The Hall–Kier alpha value is -2.37. The highest BCUT2D eigenvalue weighted by Crippen LogP contribution is 2.28. The summed E-state index contributed by atoms with van der Waals surface area (Å²) in [7, 11) is 0. The van der Waals surface area contributed by atoms with Gasteiger partial charge in [-0.25, -0.2) is 4.98 Å². The number of aromatic nitrogens is 1. The second-order valence-electron chi connectivity index (χ2n) is 4.21. The fourth-order valence-corrected chi connectivity index (χ4v) is 1.55. The average Bonchev–Trinajstić information content (AvgIpc) is 2.38. The van der Waals surface area contributed by atoms with E-state index in [1.807, 2.05) is 31.2 Å². The molecule has 1 aromatic heterocycles. The summed E-state index contributed by atoms with van der Waals surface area (Å²) < 4.78 is 37.0. The number of nitrogens with one attached hydrogen (secondary N) is 1. The van der Waals surface area contributed by atoms with E-state index in [0.717, 1.165) is 23.4 Å². The summed E-state index contributed by atoms with van der Waals surface area (Å²) >= 11 is 0. The Bertz CT molecular complexity index is 604. The molecule has 2 aromatic rings. The van der Waals surface area contributed by atoms with Crippen molar-refractivity contribution in [2.24, 2.45) is 5.10 Å². The minimum Gasteiger partial charge on any atom is -0.261 e. The number of hydrazone groups is 1. The van der Waals surface area contributed by atoms with Crippen molar-refractivity contribution < 1.29 is 13.2 Å². The summed E-state index contributed by atoms with van der Waals surface area (Å²) in [6.45, 7) is 1.96. The molecule has 0 amide bonds. The molecule has 0 atom stereocenters. The van der Waals surface area contributed by atoms with Gasteiger partial charge in [-0.2, -0.15) is 18.3 Å². The van der Waals surface area contributed by atoms with Gasteiger partial charge < -0.3 is 0 Å². The van der Waals surface area contributed by atoms with Crippen LogP contribution in [0.4, 0.5) is 19.0 Å². The smallest absolute Gasteiger partial charge is 0.261 e. The largest absolute Gasteiger partial charge is 0.417 e. The quantitative estimate of drug-likeness (QED) is 0.684. The van der Waals surface area contributed by atoms with Gasteiger partial charge in [-0.05, 0) is 24.6 Å². The Morgan fingerprint density at radius 3 is 2.60 bits per heavy atom. The maximum Gasteiger partial charge on any atom is 0.417 e. The third-order valence-electron chi connectivity index (χ3n) is 2.53. The van der Waals surface area contributed by atoms with Crippen molar-refractivity contribution in [2.75, 3.05) is 5.43 Å². The van der Waals surface area contributed by atoms with Gasteiger partial charge in [0.1, 0.15) is 5.82 Å². The van der Waals surface area contributed by atoms with Gasteiger partial charge >= 0.3 is 6.18 Å². The van der Waals surface area contributed by atoms with Crippen molar-refractivity contribution in [3.05, 3.63) is 59.3 Å². The summed E-state index contributed by atoms with van der Waals surface area (Å²) in [6, 6.07) is 9.85. The van der Waals surface area contributed by atoms with Crippen molar-refractivity contribution in [1.82, 2.24) is 4.98 Å². The van der Waals surface area contributed by atoms with E-state index in [0.29, 0.717) is 0 Å². The van der Waals surface area contributed by atoms with Gasteiger partial charge in [0, 0.05) is 6.20 Å². The summed E-state index contributed by atoms with van der Waals surface area (Å²) in [5, 5.41) is 3.93. The lowest BCUT2D eigenvalue weighted by molar-refractivity contribution is -0.137. The van der Waals surface area contributed by atoms with Gasteiger partial charge in [-0.3, -0.25) is 5.43 Å². The molecule has 0 saturated heterocycles. The lowest BCUT2D eigenvalue weighted by atomic mass is 10.2. The zero-order valence-corrected chi connectivity index (χ0v) is 10.6. The number of aryl methyl sites for hydroxylation is 1. The first kappa shape index (κ1) is 14.0. The summed E-state index contributed by atoms with van der Waals surface area (Å²) in [6.07, 6.45) is -2.03. The minimum absolute atomic E-state index is 0.252. The molecule has 104 valence electrons. The first-order valence-electron chi connectivity index (χ1n) is 5.84. The van der Waals surface area contributed by atoms with Gasteiger partial charge in [-0.1, -0.05) is 29.8 Å². The average molecular weight is 279 g/mol. The van der Waals surface area contributed by atoms with E-state index in [1.54, 1.807) is 6.21 Å². The Kier molecular flexibility index (Phi) is 4.02. The highest BCUT2D eigenvalue weighted by molar-refractivity contribution is 5.80. The third-order valence-corrected chi connectivity index (χ3v) is 2.53. The molecular weight excluding hydrogens is 267 g/mol. The number of alkyl halides is 3. The number of rotatable bonds is 3. The number of benzene rings is 1. The summed E-state index contributed by atoms with van der Waals surface area (Å²) in [5.74, 6) is 0.252. The predicted octanol–water partition coefficient (Wildman–Crippen LogP) is 3.85. The molecule has 0 radical (unpaired) electrons. The van der Waals surface area contributed by atoms with Crippen LogP contribution in [0.25, 0.3) is 0 Å². The van der Waals surface area contributed by atoms with Crippen LogP contribution < -0.4 is 5.43 Å². The molecule has 20 heavy (non-hydrogen) atoms. The fraction of sp³-hybridized carbons (Fsp3) is 0.143. The molecule has 0 spiro atoms. The van der Waals surface area contributed by atoms with E-state index in [9.17, 15) is 13.2 Å². The molecule has 0 unspecified atom stereocenters. The van der Waals surface area contributed by atoms with Crippen LogP contribution in [0.15, 0.2) is 47.7 Å². The Labute approximate surface area is 114 Å². The monoisotopic (exact) mass is 279 g/mol. The van der Waals surface area contributed by atoms with Crippen LogP contribution in [0.3, 0.4) is 0 Å². The second-order valence-corrected chi connectivity index (χ2v) is 4.21. The first-order valence-corrected chi connectivity index (χ1v) is 5.84. The van der Waals surface area contributed by atoms with Gasteiger partial charge in [0.2, 0.25) is 0 Å². The van der Waals surface area contributed by atoms with E-state index in [4.69, 9.17) is 0 Å². The fourth-order valence-electron chi connectivity index (χ4n) is 1.55. The molecule has 0 bridgehead atoms. The van der Waals surface area contributed by atoms with Crippen LogP contribution >= 0.6 is 0 Å². The van der Waals surface area contributed by atoms with Crippen LogP contribution in [0.1, 0.15) is 16.7 Å². The highest BCUT2D eigenvalue weighted by Gasteiger charge is 2.30. The molecule has 1 N–H and O–H groups in total. The normalized spacial score (nSPS) is 11.8. The van der Waals surface area contributed by atoms with E-state index in [-0.39, 0.29) is 5.82 Å². The zero-order valence-electron chi connectivity index (χ0n) is 10.6. The highest BCUT2D eigenvalue weighted by atomic mass is 19.4. The van der Waals surface area contributed by atoms with Crippen molar-refractivity contribution in [2.45, 2.75) is 13.1 Å². The SMILES string of the molecule is Cc1cccc(/C=N/Nc2ccc(C(F)(F)F)cn2)c1. The second kappa shape index (κ2) is 5.73. The molecule has 0 aliphatic heterocycles. The van der Waals surface area contributed by atoms with Crippen LogP contribution in [0.2, 0.25) is 0 Å². The lowest BCUT2D eigenvalue weighted by Gasteiger charge is -2.06. The molecule has 0 aliphatic rings. The minimum atomic E-state index is -4.38. The molecule has 3 nitrogen and oxygen atoms in total. The van der Waals surface area contributed by atoms with E-state index in [2.05, 4.69) is 15.5 Å². The predicted molar refractivity (Wildman–Crippen MR) is 71.6 cm³/mol. The van der Waals surface area contributed by atoms with Crippen LogP contribution in [-0.4, -0.2) is 11.2 Å². The van der Waals surface area contributed by atoms with E-state index < -0.39 is 11.7 Å². The number of nitrogens with zero attached hydrogens (tertiary/aromatic N) is 2. The maximum atomic E-state index is 12.3. The summed E-state index contributed by atoms with van der Waals surface area (Å²) in [5.41, 5.74) is 3.79. The Morgan fingerprint density at radius 2 is 2.00 bits per heavy atom. The standard InChI is InChI=1S/C14H12F3N3/c1-10-3-2-4-11(7-10)8-19-20-13-6-5-12(9-18-13)14(15,16)17/h2-9H,1H3,(H,18,20)/b19-8+. The topological polar surface area (TPSA) is 37.3 Å². The van der Waals surface area contributed by atoms with Crippen molar-refractivity contribution in [3.63, 3.8) is 0 Å². The molecule has 1 aromatic carbocycles. The van der Waals surface area contributed by atoms with Gasteiger partial charge in [0.15, 0.2) is 0 Å². The Morgan fingerprint density at radius 1 is 1.20 bits per heavy atom. The Balaban J connectivity index is 2.01. The molecule has 0 fully saturated rings. The van der Waals surface area contributed by atoms with Crippen LogP contribution in [0, 0.1) is 6.92 Å². The van der Waals surface area contributed by atoms with Crippen molar-refractivity contribution in [3.8, 4) is 0 Å². The number of hydrogen-bond donors (Lipinski definition) is 1. The maximum absolute atomic E-state index is 12.3. The lowest BCUT2D eigenvalue weighted by Crippen LogP contribution is -2.05. The van der Waals surface area contributed by atoms with Gasteiger partial charge in [0.05, 0.1) is 11.8 Å². The molecular formula is C14H12F3N3. The molecule has 0 aliphatic carbocycles. The number of halogens is 3. The number of anilines is 1. The molecule has 6 heteroatoms.